The number of methoxy groups -OCH3 is 1. The molecule has 1 aliphatic rings. The quantitative estimate of drug-likeness (QED) is 0.930. The number of hydrogen-bond acceptors (Lipinski definition) is 2. The number of rotatable bonds is 3. The van der Waals surface area contributed by atoms with E-state index < -0.39 is 0 Å². The fourth-order valence-electron chi connectivity index (χ4n) is 3.05. The topological polar surface area (TPSA) is 35.2 Å². The van der Waals surface area contributed by atoms with Crippen LogP contribution in [-0.4, -0.2) is 7.11 Å². The van der Waals surface area contributed by atoms with Gasteiger partial charge in [0.25, 0.3) is 0 Å². The third-order valence-corrected chi connectivity index (χ3v) is 4.12. The molecule has 0 radical (unpaired) electrons. The summed E-state index contributed by atoms with van der Waals surface area (Å²) in [7, 11) is 1.47. The molecule has 0 heterocycles. The van der Waals surface area contributed by atoms with Gasteiger partial charge in [-0.2, -0.15) is 0 Å². The molecule has 1 aliphatic carbocycles. The second kappa shape index (κ2) is 5.25. The lowest BCUT2D eigenvalue weighted by Crippen LogP contribution is -2.19. The number of nitrogens with two attached hydrogens (primary N) is 1. The van der Waals surface area contributed by atoms with Crippen molar-refractivity contribution in [2.75, 3.05) is 7.11 Å². The number of ether oxygens (including phenoxy) is 1. The van der Waals surface area contributed by atoms with Crippen molar-refractivity contribution in [2.24, 2.45) is 11.7 Å². The third kappa shape index (κ3) is 2.29. The first-order valence-corrected chi connectivity index (χ1v) is 6.85. The van der Waals surface area contributed by atoms with E-state index in [4.69, 9.17) is 10.5 Å². The van der Waals surface area contributed by atoms with Crippen LogP contribution >= 0.6 is 0 Å². The van der Waals surface area contributed by atoms with E-state index in [0.717, 1.165) is 18.4 Å². The van der Waals surface area contributed by atoms with Crippen molar-refractivity contribution in [3.8, 4) is 5.75 Å². The van der Waals surface area contributed by atoms with Gasteiger partial charge in [0.2, 0.25) is 0 Å². The van der Waals surface area contributed by atoms with Crippen molar-refractivity contribution in [3.05, 3.63) is 65.0 Å². The van der Waals surface area contributed by atoms with Crippen molar-refractivity contribution in [1.29, 1.82) is 0 Å². The summed E-state index contributed by atoms with van der Waals surface area (Å²) in [4.78, 5) is 0. The first-order chi connectivity index (χ1) is 9.69. The summed E-state index contributed by atoms with van der Waals surface area (Å²) in [6, 6.07) is 13.5. The molecule has 2 nitrogen and oxygen atoms in total. The van der Waals surface area contributed by atoms with Crippen LogP contribution in [0.4, 0.5) is 4.39 Å². The number of halogens is 1. The van der Waals surface area contributed by atoms with E-state index in [1.165, 1.54) is 18.2 Å². The molecular formula is C17H18FNO. The predicted molar refractivity (Wildman–Crippen MR) is 77.2 cm³/mol. The normalized spacial score (nSPS) is 20.8. The molecule has 20 heavy (non-hydrogen) atoms. The Morgan fingerprint density at radius 2 is 2.05 bits per heavy atom. The molecule has 2 aromatic rings. The van der Waals surface area contributed by atoms with Crippen molar-refractivity contribution in [1.82, 2.24) is 0 Å². The number of hydrogen-bond donors (Lipinski definition) is 1. The lowest BCUT2D eigenvalue weighted by Gasteiger charge is -2.16. The summed E-state index contributed by atoms with van der Waals surface area (Å²) in [6.07, 6.45) is 1.75. The van der Waals surface area contributed by atoms with Crippen molar-refractivity contribution < 1.29 is 9.13 Å². The molecule has 0 saturated carbocycles. The highest BCUT2D eigenvalue weighted by molar-refractivity contribution is 5.37. The van der Waals surface area contributed by atoms with Gasteiger partial charge >= 0.3 is 0 Å². The highest BCUT2D eigenvalue weighted by Crippen LogP contribution is 2.36. The van der Waals surface area contributed by atoms with Gasteiger partial charge in [0, 0.05) is 6.04 Å². The Kier molecular flexibility index (Phi) is 3.45. The molecule has 0 saturated heterocycles. The van der Waals surface area contributed by atoms with Gasteiger partial charge in [0.05, 0.1) is 7.11 Å². The molecule has 2 unspecified atom stereocenters. The lowest BCUT2D eigenvalue weighted by molar-refractivity contribution is 0.385. The maximum atomic E-state index is 13.7. The predicted octanol–water partition coefficient (Wildman–Crippen LogP) is 3.25. The summed E-state index contributed by atoms with van der Waals surface area (Å²) in [5.41, 5.74) is 9.83. The van der Waals surface area contributed by atoms with E-state index in [1.807, 2.05) is 18.2 Å². The minimum Gasteiger partial charge on any atom is -0.494 e. The van der Waals surface area contributed by atoms with E-state index in [9.17, 15) is 4.39 Å². The largest absolute Gasteiger partial charge is 0.494 e. The monoisotopic (exact) mass is 271 g/mol. The summed E-state index contributed by atoms with van der Waals surface area (Å²) in [5.74, 6) is 0.307. The van der Waals surface area contributed by atoms with Crippen LogP contribution in [0.3, 0.4) is 0 Å². The molecule has 3 heteroatoms. The van der Waals surface area contributed by atoms with Crippen molar-refractivity contribution in [2.45, 2.75) is 18.9 Å². The summed E-state index contributed by atoms with van der Waals surface area (Å²) in [5, 5.41) is 0. The molecule has 2 aromatic carbocycles. The molecule has 104 valence electrons. The highest BCUT2D eigenvalue weighted by atomic mass is 19.1. The van der Waals surface area contributed by atoms with Crippen LogP contribution in [0, 0.1) is 11.7 Å². The Bertz CT molecular complexity index is 626. The zero-order valence-electron chi connectivity index (χ0n) is 11.5. The maximum absolute atomic E-state index is 13.7. The fraction of sp³-hybridized carbons (Fsp3) is 0.294. The van der Waals surface area contributed by atoms with Crippen molar-refractivity contribution >= 4 is 0 Å². The SMILES string of the molecule is COc1ccc(CC2Cc3ccccc3C2N)cc1F. The molecule has 0 fully saturated rings. The van der Waals surface area contributed by atoms with Gasteiger partial charge < -0.3 is 10.5 Å². The Balaban J connectivity index is 1.78. The average Bonchev–Trinajstić information content (AvgIpc) is 2.76. The van der Waals surface area contributed by atoms with Crippen LogP contribution in [0.15, 0.2) is 42.5 Å². The molecule has 0 aromatic heterocycles. The lowest BCUT2D eigenvalue weighted by atomic mass is 9.93. The molecule has 0 spiro atoms. The minimum atomic E-state index is -0.311. The van der Waals surface area contributed by atoms with Crippen LogP contribution in [0.25, 0.3) is 0 Å². The van der Waals surface area contributed by atoms with E-state index >= 15 is 0 Å². The molecule has 0 aliphatic heterocycles. The summed E-state index contributed by atoms with van der Waals surface area (Å²) in [6.45, 7) is 0. The van der Waals surface area contributed by atoms with Crippen LogP contribution < -0.4 is 10.5 Å². The third-order valence-electron chi connectivity index (χ3n) is 4.12. The van der Waals surface area contributed by atoms with Gasteiger partial charge in [-0.25, -0.2) is 4.39 Å². The van der Waals surface area contributed by atoms with E-state index in [-0.39, 0.29) is 17.6 Å². The highest BCUT2D eigenvalue weighted by Gasteiger charge is 2.29. The van der Waals surface area contributed by atoms with Gasteiger partial charge in [-0.1, -0.05) is 30.3 Å². The fourth-order valence-corrected chi connectivity index (χ4v) is 3.05. The van der Waals surface area contributed by atoms with Gasteiger partial charge in [-0.05, 0) is 47.6 Å². The zero-order chi connectivity index (χ0) is 14.1. The number of benzene rings is 2. The average molecular weight is 271 g/mol. The Morgan fingerprint density at radius 3 is 2.75 bits per heavy atom. The zero-order valence-corrected chi connectivity index (χ0v) is 11.5. The van der Waals surface area contributed by atoms with Gasteiger partial charge in [-0.3, -0.25) is 0 Å². The summed E-state index contributed by atoms with van der Waals surface area (Å²) < 4.78 is 18.7. The minimum absolute atomic E-state index is 0.0383. The second-order valence-corrected chi connectivity index (χ2v) is 5.36. The maximum Gasteiger partial charge on any atom is 0.165 e. The second-order valence-electron chi connectivity index (χ2n) is 5.36. The Hall–Kier alpha value is -1.87. The van der Waals surface area contributed by atoms with E-state index in [2.05, 4.69) is 12.1 Å². The molecule has 0 amide bonds. The molecular weight excluding hydrogens is 253 g/mol. The first kappa shape index (κ1) is 13.1. The van der Waals surface area contributed by atoms with Crippen LogP contribution in [0.1, 0.15) is 22.7 Å². The Labute approximate surface area is 118 Å². The summed E-state index contributed by atoms with van der Waals surface area (Å²) >= 11 is 0. The van der Waals surface area contributed by atoms with Gasteiger partial charge in [0.1, 0.15) is 0 Å². The van der Waals surface area contributed by atoms with Crippen LogP contribution in [-0.2, 0) is 12.8 Å². The van der Waals surface area contributed by atoms with Crippen molar-refractivity contribution in [3.63, 3.8) is 0 Å². The number of fused-ring (bicyclic) bond motifs is 1. The standard InChI is InChI=1S/C17H18FNO/c1-20-16-7-6-11(9-15(16)18)8-13-10-12-4-2-3-5-14(12)17(13)19/h2-7,9,13,17H,8,10,19H2,1H3. The van der Waals surface area contributed by atoms with Crippen LogP contribution in [0.5, 0.6) is 5.75 Å². The Morgan fingerprint density at radius 1 is 1.25 bits per heavy atom. The first-order valence-electron chi connectivity index (χ1n) is 6.85. The smallest absolute Gasteiger partial charge is 0.165 e. The molecule has 0 bridgehead atoms. The molecule has 3 rings (SSSR count). The van der Waals surface area contributed by atoms with E-state index in [1.54, 1.807) is 12.1 Å². The molecule has 2 N–H and O–H groups in total. The van der Waals surface area contributed by atoms with Gasteiger partial charge in [-0.15, -0.1) is 0 Å². The van der Waals surface area contributed by atoms with Crippen LogP contribution in [0.2, 0.25) is 0 Å². The molecule has 2 atom stereocenters. The van der Waals surface area contributed by atoms with Gasteiger partial charge in [0.15, 0.2) is 11.6 Å². The van der Waals surface area contributed by atoms with E-state index in [0.29, 0.717) is 5.92 Å².